The SMILES string of the molecule is CCOC(=O)CNC(=O)CSc1nn2c(=O)c(C)nnc2s1. The van der Waals surface area contributed by atoms with E-state index >= 15 is 0 Å². The van der Waals surface area contributed by atoms with Gasteiger partial charge in [0.2, 0.25) is 10.9 Å². The van der Waals surface area contributed by atoms with E-state index in [1.165, 1.54) is 0 Å². The fraction of sp³-hybridized carbons (Fsp3) is 0.455. The van der Waals surface area contributed by atoms with Crippen molar-refractivity contribution in [2.24, 2.45) is 0 Å². The molecule has 0 aliphatic heterocycles. The number of nitrogens with zero attached hydrogens (tertiary/aromatic N) is 4. The molecular formula is C11H13N5O4S2. The average Bonchev–Trinajstić information content (AvgIpc) is 2.91. The molecule has 2 aromatic rings. The molecule has 0 saturated heterocycles. The summed E-state index contributed by atoms with van der Waals surface area (Å²) < 4.78 is 6.37. The number of nitrogens with one attached hydrogen (secondary N) is 1. The molecule has 11 heteroatoms. The van der Waals surface area contributed by atoms with Crippen molar-refractivity contribution < 1.29 is 14.3 Å². The monoisotopic (exact) mass is 343 g/mol. The first-order chi connectivity index (χ1) is 10.5. The maximum absolute atomic E-state index is 11.8. The van der Waals surface area contributed by atoms with Gasteiger partial charge in [0.25, 0.3) is 5.56 Å². The lowest BCUT2D eigenvalue weighted by atomic mass is 10.5. The second kappa shape index (κ2) is 7.31. The maximum Gasteiger partial charge on any atom is 0.325 e. The topological polar surface area (TPSA) is 116 Å². The Morgan fingerprint density at radius 3 is 2.91 bits per heavy atom. The lowest BCUT2D eigenvalue weighted by Gasteiger charge is -2.03. The Balaban J connectivity index is 1.92. The van der Waals surface area contributed by atoms with E-state index in [2.05, 4.69) is 20.6 Å². The van der Waals surface area contributed by atoms with E-state index in [0.29, 0.717) is 9.30 Å². The summed E-state index contributed by atoms with van der Waals surface area (Å²) in [6.07, 6.45) is 0. The highest BCUT2D eigenvalue weighted by Crippen LogP contribution is 2.22. The number of rotatable bonds is 6. The fourth-order valence-corrected chi connectivity index (χ4v) is 3.10. The maximum atomic E-state index is 11.8. The van der Waals surface area contributed by atoms with Crippen LogP contribution >= 0.6 is 23.1 Å². The Bertz CT molecular complexity index is 757. The molecule has 0 saturated carbocycles. The van der Waals surface area contributed by atoms with Gasteiger partial charge in [-0.2, -0.15) is 4.52 Å². The standard InChI is InChI=1S/C11H13N5O4S2/c1-3-20-8(18)4-12-7(17)5-21-11-15-16-9(19)6(2)13-14-10(16)22-11/h3-5H2,1-2H3,(H,12,17). The van der Waals surface area contributed by atoms with Crippen LogP contribution in [0.5, 0.6) is 0 Å². The largest absolute Gasteiger partial charge is 0.465 e. The number of thioether (sulfide) groups is 1. The van der Waals surface area contributed by atoms with E-state index in [1.807, 2.05) is 0 Å². The average molecular weight is 343 g/mol. The highest BCUT2D eigenvalue weighted by atomic mass is 32.2. The predicted octanol–water partition coefficient (Wildman–Crippen LogP) is -0.374. The van der Waals surface area contributed by atoms with E-state index in [4.69, 9.17) is 4.74 Å². The number of esters is 1. The van der Waals surface area contributed by atoms with Crippen LogP contribution in [0.3, 0.4) is 0 Å². The second-order valence-electron chi connectivity index (χ2n) is 4.02. The van der Waals surface area contributed by atoms with Crippen LogP contribution in [-0.4, -0.2) is 50.6 Å². The number of aryl methyl sites for hydroxylation is 1. The van der Waals surface area contributed by atoms with Crippen LogP contribution in [-0.2, 0) is 14.3 Å². The van der Waals surface area contributed by atoms with Gasteiger partial charge in [0, 0.05) is 0 Å². The Kier molecular flexibility index (Phi) is 5.44. The molecule has 2 aromatic heterocycles. The minimum Gasteiger partial charge on any atom is -0.465 e. The van der Waals surface area contributed by atoms with Gasteiger partial charge in [-0.15, -0.1) is 15.3 Å². The van der Waals surface area contributed by atoms with E-state index in [0.717, 1.165) is 27.6 Å². The summed E-state index contributed by atoms with van der Waals surface area (Å²) in [6.45, 7) is 3.34. The fourth-order valence-electron chi connectivity index (χ4n) is 1.39. The number of aromatic nitrogens is 4. The van der Waals surface area contributed by atoms with Gasteiger partial charge < -0.3 is 10.1 Å². The number of ether oxygens (including phenoxy) is 1. The molecule has 0 radical (unpaired) electrons. The van der Waals surface area contributed by atoms with Gasteiger partial charge in [-0.3, -0.25) is 14.4 Å². The van der Waals surface area contributed by atoms with Crippen LogP contribution in [0.4, 0.5) is 0 Å². The van der Waals surface area contributed by atoms with Crippen molar-refractivity contribution in [1.29, 1.82) is 0 Å². The molecule has 0 atom stereocenters. The van der Waals surface area contributed by atoms with Crippen molar-refractivity contribution in [2.45, 2.75) is 18.2 Å². The van der Waals surface area contributed by atoms with E-state index in [-0.39, 0.29) is 36.1 Å². The number of hydrogen-bond donors (Lipinski definition) is 1. The zero-order chi connectivity index (χ0) is 16.1. The molecule has 9 nitrogen and oxygen atoms in total. The van der Waals surface area contributed by atoms with Crippen molar-refractivity contribution >= 4 is 39.9 Å². The minimum absolute atomic E-state index is 0.0698. The van der Waals surface area contributed by atoms with Crippen molar-refractivity contribution in [3.8, 4) is 0 Å². The van der Waals surface area contributed by atoms with Crippen molar-refractivity contribution in [1.82, 2.24) is 25.1 Å². The van der Waals surface area contributed by atoms with Crippen LogP contribution < -0.4 is 10.9 Å². The molecule has 0 spiro atoms. The lowest BCUT2D eigenvalue weighted by molar-refractivity contribution is -0.143. The van der Waals surface area contributed by atoms with Gasteiger partial charge >= 0.3 is 5.97 Å². The summed E-state index contributed by atoms with van der Waals surface area (Å²) in [5.41, 5.74) is -0.0774. The summed E-state index contributed by atoms with van der Waals surface area (Å²) in [5.74, 6) is -0.745. The molecule has 0 unspecified atom stereocenters. The molecule has 2 heterocycles. The lowest BCUT2D eigenvalue weighted by Crippen LogP contribution is -2.31. The quantitative estimate of drug-likeness (QED) is 0.558. The van der Waals surface area contributed by atoms with Crippen LogP contribution in [0.15, 0.2) is 9.13 Å². The summed E-state index contributed by atoms with van der Waals surface area (Å²) in [7, 11) is 0. The molecule has 118 valence electrons. The third kappa shape index (κ3) is 4.01. The van der Waals surface area contributed by atoms with E-state index in [1.54, 1.807) is 13.8 Å². The minimum atomic E-state index is -0.488. The first-order valence-corrected chi connectivity index (χ1v) is 8.09. The first-order valence-electron chi connectivity index (χ1n) is 6.29. The molecule has 0 aliphatic rings. The molecule has 2 rings (SSSR count). The van der Waals surface area contributed by atoms with Gasteiger partial charge in [-0.05, 0) is 13.8 Å². The van der Waals surface area contributed by atoms with Gasteiger partial charge in [-0.25, -0.2) is 0 Å². The highest BCUT2D eigenvalue weighted by Gasteiger charge is 2.12. The van der Waals surface area contributed by atoms with Gasteiger partial charge in [-0.1, -0.05) is 23.1 Å². The molecule has 0 aliphatic carbocycles. The number of amides is 1. The zero-order valence-corrected chi connectivity index (χ0v) is 13.5. The van der Waals surface area contributed by atoms with Crippen LogP contribution in [0, 0.1) is 6.92 Å². The summed E-state index contributed by atoms with van der Waals surface area (Å²) in [4.78, 5) is 34.9. The second-order valence-corrected chi connectivity index (χ2v) is 6.20. The molecular weight excluding hydrogens is 330 g/mol. The van der Waals surface area contributed by atoms with Crippen molar-refractivity contribution in [3.05, 3.63) is 16.0 Å². The smallest absolute Gasteiger partial charge is 0.325 e. The van der Waals surface area contributed by atoms with Gasteiger partial charge in [0.15, 0.2) is 4.34 Å². The van der Waals surface area contributed by atoms with Crippen molar-refractivity contribution in [2.75, 3.05) is 18.9 Å². The van der Waals surface area contributed by atoms with Crippen LogP contribution in [0.2, 0.25) is 0 Å². The number of carbonyl (C=O) groups is 2. The molecule has 0 aromatic carbocycles. The highest BCUT2D eigenvalue weighted by molar-refractivity contribution is 8.01. The number of hydrogen-bond acceptors (Lipinski definition) is 9. The van der Waals surface area contributed by atoms with E-state index < -0.39 is 5.97 Å². The normalized spacial score (nSPS) is 10.6. The Labute approximate surface area is 133 Å². The molecule has 22 heavy (non-hydrogen) atoms. The molecule has 1 N–H and O–H groups in total. The van der Waals surface area contributed by atoms with Gasteiger partial charge in [0.1, 0.15) is 12.2 Å². The third-order valence-corrected chi connectivity index (χ3v) is 4.42. The van der Waals surface area contributed by atoms with Crippen LogP contribution in [0.25, 0.3) is 4.96 Å². The molecule has 0 bridgehead atoms. The Morgan fingerprint density at radius 1 is 1.41 bits per heavy atom. The molecule has 0 fully saturated rings. The Morgan fingerprint density at radius 2 is 2.18 bits per heavy atom. The number of carbonyl (C=O) groups excluding carboxylic acids is 2. The van der Waals surface area contributed by atoms with Crippen molar-refractivity contribution in [3.63, 3.8) is 0 Å². The first kappa shape index (κ1) is 16.4. The Hall–Kier alpha value is -2.01. The summed E-state index contributed by atoms with van der Waals surface area (Å²) in [6, 6.07) is 0. The summed E-state index contributed by atoms with van der Waals surface area (Å²) in [5, 5.41) is 14.1. The molecule has 1 amide bonds. The van der Waals surface area contributed by atoms with Gasteiger partial charge in [0.05, 0.1) is 12.4 Å². The predicted molar refractivity (Wildman–Crippen MR) is 80.0 cm³/mol. The number of fused-ring (bicyclic) bond motifs is 1. The third-order valence-electron chi connectivity index (χ3n) is 2.39. The zero-order valence-electron chi connectivity index (χ0n) is 11.9. The van der Waals surface area contributed by atoms with Crippen LogP contribution in [0.1, 0.15) is 12.6 Å². The summed E-state index contributed by atoms with van der Waals surface area (Å²) >= 11 is 2.31. The van der Waals surface area contributed by atoms with E-state index in [9.17, 15) is 14.4 Å².